The van der Waals surface area contributed by atoms with Crippen LogP contribution in [-0.4, -0.2) is 53.1 Å². The van der Waals surface area contributed by atoms with Gasteiger partial charge in [-0.05, 0) is 6.92 Å². The Balaban J connectivity index is 2.42. The predicted octanol–water partition coefficient (Wildman–Crippen LogP) is 0.808. The van der Waals surface area contributed by atoms with Gasteiger partial charge in [-0.1, -0.05) is 11.8 Å². The van der Waals surface area contributed by atoms with E-state index >= 15 is 0 Å². The number of carbonyl (C=O) groups is 1. The number of nitrogens with zero attached hydrogens (tertiary/aromatic N) is 4. The predicted molar refractivity (Wildman–Crippen MR) is 66.5 cm³/mol. The number of rotatable bonds is 2. The van der Waals surface area contributed by atoms with Crippen molar-refractivity contribution >= 4 is 6.03 Å². The highest BCUT2D eigenvalue weighted by molar-refractivity contribution is 5.73. The summed E-state index contributed by atoms with van der Waals surface area (Å²) in [6.45, 7) is 3.02. The first-order valence-corrected chi connectivity index (χ1v) is 5.37. The zero-order chi connectivity index (χ0) is 12.8. The van der Waals surface area contributed by atoms with Crippen molar-refractivity contribution in [3.05, 3.63) is 18.2 Å². The minimum Gasteiger partial charge on any atom is -0.331 e. The lowest BCUT2D eigenvalue weighted by Gasteiger charge is -2.19. The minimum atomic E-state index is -0.0434. The molecule has 0 radical (unpaired) electrons. The Labute approximate surface area is 102 Å². The maximum atomic E-state index is 11.5. The lowest BCUT2D eigenvalue weighted by molar-refractivity contribution is 0.187. The first-order chi connectivity index (χ1) is 8.02. The van der Waals surface area contributed by atoms with E-state index in [0.717, 1.165) is 5.69 Å². The molecular weight excluding hydrogens is 216 g/mol. The maximum absolute atomic E-state index is 11.5. The van der Waals surface area contributed by atoms with Gasteiger partial charge in [0.15, 0.2) is 0 Å². The molecule has 0 bridgehead atoms. The van der Waals surface area contributed by atoms with Crippen LogP contribution >= 0.6 is 0 Å². The summed E-state index contributed by atoms with van der Waals surface area (Å²) in [7, 11) is 5.18. The van der Waals surface area contributed by atoms with E-state index in [1.165, 1.54) is 4.90 Å². The van der Waals surface area contributed by atoms with Gasteiger partial charge in [0.05, 0.1) is 19.4 Å². The summed E-state index contributed by atoms with van der Waals surface area (Å²) in [6.07, 6.45) is 3.54. The average molecular weight is 234 g/mol. The molecule has 2 amide bonds. The van der Waals surface area contributed by atoms with E-state index in [0.29, 0.717) is 13.1 Å². The fourth-order valence-electron chi connectivity index (χ4n) is 1.28. The van der Waals surface area contributed by atoms with E-state index in [9.17, 15) is 4.79 Å². The highest BCUT2D eigenvalue weighted by atomic mass is 16.2. The van der Waals surface area contributed by atoms with Crippen LogP contribution in [0.25, 0.3) is 0 Å². The van der Waals surface area contributed by atoms with Gasteiger partial charge < -0.3 is 14.4 Å². The van der Waals surface area contributed by atoms with Gasteiger partial charge in [-0.2, -0.15) is 0 Å². The number of hydrogen-bond donors (Lipinski definition) is 0. The SMILES string of the molecule is Cc1cncn1CC#CCN(C)C(=O)N(C)C. The van der Waals surface area contributed by atoms with Crippen LogP contribution in [0.4, 0.5) is 4.79 Å². The molecule has 92 valence electrons. The summed E-state index contributed by atoms with van der Waals surface area (Å²) in [6, 6.07) is -0.0434. The summed E-state index contributed by atoms with van der Waals surface area (Å²) in [4.78, 5) is 18.6. The summed E-state index contributed by atoms with van der Waals surface area (Å²) < 4.78 is 1.96. The molecule has 0 N–H and O–H groups in total. The van der Waals surface area contributed by atoms with Crippen molar-refractivity contribution in [3.63, 3.8) is 0 Å². The number of aryl methyl sites for hydroxylation is 1. The molecule has 1 aromatic heterocycles. The molecule has 0 saturated heterocycles. The van der Waals surface area contributed by atoms with Crippen molar-refractivity contribution in [3.8, 4) is 11.8 Å². The maximum Gasteiger partial charge on any atom is 0.320 e. The molecule has 0 aliphatic rings. The molecular formula is C12H18N4O. The van der Waals surface area contributed by atoms with Crippen LogP contribution < -0.4 is 0 Å². The van der Waals surface area contributed by atoms with Crippen molar-refractivity contribution in [2.24, 2.45) is 0 Å². The van der Waals surface area contributed by atoms with Gasteiger partial charge in [-0.3, -0.25) is 0 Å². The van der Waals surface area contributed by atoms with Gasteiger partial charge in [-0.25, -0.2) is 9.78 Å². The van der Waals surface area contributed by atoms with Crippen molar-refractivity contribution < 1.29 is 4.79 Å². The molecule has 0 atom stereocenters. The van der Waals surface area contributed by atoms with Crippen LogP contribution in [0, 0.1) is 18.8 Å². The first-order valence-electron chi connectivity index (χ1n) is 5.37. The van der Waals surface area contributed by atoms with Gasteiger partial charge in [0.2, 0.25) is 0 Å². The Morgan fingerprint density at radius 3 is 2.65 bits per heavy atom. The lowest BCUT2D eigenvalue weighted by atomic mass is 10.5. The van der Waals surface area contributed by atoms with Crippen LogP contribution in [0.1, 0.15) is 5.69 Å². The van der Waals surface area contributed by atoms with Crippen molar-refractivity contribution in [1.29, 1.82) is 0 Å². The largest absolute Gasteiger partial charge is 0.331 e. The van der Waals surface area contributed by atoms with Crippen LogP contribution in [-0.2, 0) is 6.54 Å². The molecule has 5 heteroatoms. The molecule has 1 rings (SSSR count). The summed E-state index contributed by atoms with van der Waals surface area (Å²) in [5.41, 5.74) is 1.08. The van der Waals surface area contributed by atoms with Crippen molar-refractivity contribution in [2.45, 2.75) is 13.5 Å². The normalized spacial score (nSPS) is 9.41. The smallest absolute Gasteiger partial charge is 0.320 e. The molecule has 1 heterocycles. The van der Waals surface area contributed by atoms with E-state index in [-0.39, 0.29) is 6.03 Å². The van der Waals surface area contributed by atoms with Gasteiger partial charge >= 0.3 is 6.03 Å². The second-order valence-electron chi connectivity index (χ2n) is 4.05. The molecule has 0 aliphatic heterocycles. The fraction of sp³-hybridized carbons (Fsp3) is 0.500. The van der Waals surface area contributed by atoms with Crippen LogP contribution in [0.15, 0.2) is 12.5 Å². The zero-order valence-corrected chi connectivity index (χ0v) is 10.8. The summed E-state index contributed by atoms with van der Waals surface area (Å²) in [5.74, 6) is 5.98. The third-order valence-electron chi connectivity index (χ3n) is 2.32. The number of carbonyl (C=O) groups excluding carboxylic acids is 1. The number of imidazole rings is 1. The van der Waals surface area contributed by atoms with E-state index in [1.54, 1.807) is 38.6 Å². The monoisotopic (exact) mass is 234 g/mol. The Hall–Kier alpha value is -1.96. The van der Waals surface area contributed by atoms with Gasteiger partial charge in [-0.15, -0.1) is 0 Å². The van der Waals surface area contributed by atoms with Gasteiger partial charge in [0.1, 0.15) is 0 Å². The third-order valence-corrected chi connectivity index (χ3v) is 2.32. The molecule has 5 nitrogen and oxygen atoms in total. The highest BCUT2D eigenvalue weighted by Gasteiger charge is 2.07. The average Bonchev–Trinajstić information content (AvgIpc) is 2.69. The van der Waals surface area contributed by atoms with E-state index < -0.39 is 0 Å². The van der Waals surface area contributed by atoms with Crippen molar-refractivity contribution in [1.82, 2.24) is 19.4 Å². The van der Waals surface area contributed by atoms with Gasteiger partial charge in [0, 0.05) is 33.0 Å². The van der Waals surface area contributed by atoms with E-state index in [4.69, 9.17) is 0 Å². The Morgan fingerprint density at radius 2 is 2.12 bits per heavy atom. The zero-order valence-electron chi connectivity index (χ0n) is 10.8. The first kappa shape index (κ1) is 13.1. The molecule has 0 fully saturated rings. The number of hydrogen-bond acceptors (Lipinski definition) is 2. The third kappa shape index (κ3) is 3.83. The molecule has 1 aromatic rings. The molecule has 0 aliphatic carbocycles. The summed E-state index contributed by atoms with van der Waals surface area (Å²) >= 11 is 0. The van der Waals surface area contributed by atoms with Crippen molar-refractivity contribution in [2.75, 3.05) is 27.7 Å². The molecule has 0 saturated carbocycles. The topological polar surface area (TPSA) is 41.4 Å². The Morgan fingerprint density at radius 1 is 1.41 bits per heavy atom. The Kier molecular flexibility index (Phi) is 4.58. The Bertz CT molecular complexity index is 439. The van der Waals surface area contributed by atoms with Crippen LogP contribution in [0.3, 0.4) is 0 Å². The van der Waals surface area contributed by atoms with Crippen LogP contribution in [0.5, 0.6) is 0 Å². The highest BCUT2D eigenvalue weighted by Crippen LogP contribution is 1.94. The van der Waals surface area contributed by atoms with Gasteiger partial charge in [0.25, 0.3) is 0 Å². The quantitative estimate of drug-likeness (QED) is 0.711. The van der Waals surface area contributed by atoms with E-state index in [1.807, 2.05) is 11.5 Å². The van der Waals surface area contributed by atoms with Crippen LogP contribution in [0.2, 0.25) is 0 Å². The summed E-state index contributed by atoms with van der Waals surface area (Å²) in [5, 5.41) is 0. The number of aromatic nitrogens is 2. The fourth-order valence-corrected chi connectivity index (χ4v) is 1.28. The second kappa shape index (κ2) is 5.94. The molecule has 0 aromatic carbocycles. The minimum absolute atomic E-state index is 0.0434. The number of amides is 2. The number of urea groups is 1. The lowest BCUT2D eigenvalue weighted by Crippen LogP contribution is -2.36. The second-order valence-corrected chi connectivity index (χ2v) is 4.05. The molecule has 0 unspecified atom stereocenters. The standard InChI is InChI=1S/C12H18N4O/c1-11-9-13-10-16(11)8-6-5-7-15(4)12(17)14(2)3/h9-10H,7-8H2,1-4H3. The molecule has 0 spiro atoms. The van der Waals surface area contributed by atoms with E-state index in [2.05, 4.69) is 16.8 Å². The molecule has 17 heavy (non-hydrogen) atoms.